The van der Waals surface area contributed by atoms with Crippen LogP contribution in [-0.2, 0) is 17.7 Å². The molecular weight excluding hydrogens is 441 g/mol. The van der Waals surface area contributed by atoms with Gasteiger partial charge in [-0.25, -0.2) is 0 Å². The fourth-order valence-corrected chi connectivity index (χ4v) is 18.6. The molecule has 0 heterocycles. The van der Waals surface area contributed by atoms with Crippen LogP contribution in [0.4, 0.5) is 0 Å². The molecule has 0 rings (SSSR count). The van der Waals surface area contributed by atoms with Crippen LogP contribution in [0.1, 0.15) is 54.4 Å². The number of hydrogen-bond acceptors (Lipinski definition) is 8. The summed E-state index contributed by atoms with van der Waals surface area (Å²) in [4.78, 5) is 0.739. The zero-order valence-corrected chi connectivity index (χ0v) is 22.9. The van der Waals surface area contributed by atoms with Gasteiger partial charge in [-0.1, -0.05) is 49.3 Å². The molecule has 0 aromatic rings. The normalized spacial score (nSPS) is 18.9. The van der Waals surface area contributed by atoms with E-state index >= 15 is 0 Å². The molecule has 0 bridgehead atoms. The highest BCUT2D eigenvalue weighted by molar-refractivity contribution is 9.26. The van der Waals surface area contributed by atoms with Gasteiger partial charge in [-0.2, -0.15) is 0 Å². The van der Waals surface area contributed by atoms with Gasteiger partial charge in [-0.05, 0) is 59.4 Å². The monoisotopic (exact) mass is 478 g/mol. The average Bonchev–Trinajstić information content (AvgIpc) is 2.61. The van der Waals surface area contributed by atoms with Crippen LogP contribution in [-0.4, -0.2) is 53.3 Å². The third-order valence-corrected chi connectivity index (χ3v) is 21.0. The highest BCUT2D eigenvalue weighted by Gasteiger charge is 2.40. The minimum absolute atomic E-state index is 0.370. The molecule has 0 aliphatic carbocycles. The largest absolute Gasteiger partial charge is 0.394 e. The van der Waals surface area contributed by atoms with Crippen molar-refractivity contribution < 1.29 is 17.7 Å². The molecule has 0 saturated carbocycles. The molecule has 0 aliphatic rings. The zero-order chi connectivity index (χ0) is 20.1. The van der Waals surface area contributed by atoms with E-state index in [2.05, 4.69) is 40.8 Å². The smallest absolute Gasteiger partial charge is 0.349 e. The second kappa shape index (κ2) is 15.5. The second-order valence-corrected chi connectivity index (χ2v) is 20.5. The van der Waals surface area contributed by atoms with Crippen molar-refractivity contribution in [1.29, 1.82) is 0 Å². The predicted molar refractivity (Wildman–Crippen MR) is 128 cm³/mol. The van der Waals surface area contributed by atoms with E-state index < -0.39 is 17.1 Å². The first-order valence-electron chi connectivity index (χ1n) is 9.50. The van der Waals surface area contributed by atoms with Crippen LogP contribution in [0.15, 0.2) is 0 Å². The molecule has 4 atom stereocenters. The molecule has 0 aromatic carbocycles. The van der Waals surface area contributed by atoms with E-state index in [0.717, 1.165) is 26.1 Å². The van der Waals surface area contributed by atoms with Gasteiger partial charge in [-0.15, -0.1) is 0 Å². The maximum atomic E-state index is 6.12. The lowest BCUT2D eigenvalue weighted by Gasteiger charge is -2.32. The summed E-state index contributed by atoms with van der Waals surface area (Å²) in [6.07, 6.45) is 2.06. The van der Waals surface area contributed by atoms with Crippen LogP contribution < -0.4 is 0 Å². The van der Waals surface area contributed by atoms with Crippen LogP contribution in [0.5, 0.6) is 0 Å². The van der Waals surface area contributed by atoms with Gasteiger partial charge in [0.15, 0.2) is 0 Å². The SMILES string of the molecule is CCCO[Si](C)(OCC)C(C)SSSSC(C)[Si](C)(OCC)OCCC. The Morgan fingerprint density at radius 2 is 1.00 bits per heavy atom. The Morgan fingerprint density at radius 3 is 1.27 bits per heavy atom. The van der Waals surface area contributed by atoms with Crippen molar-refractivity contribution in [2.45, 2.75) is 77.2 Å². The first kappa shape index (κ1) is 27.7. The number of rotatable bonds is 17. The van der Waals surface area contributed by atoms with Crippen molar-refractivity contribution in [3.05, 3.63) is 0 Å². The van der Waals surface area contributed by atoms with Crippen LogP contribution in [0.3, 0.4) is 0 Å². The maximum absolute atomic E-state index is 6.12. The van der Waals surface area contributed by atoms with E-state index in [1.807, 2.05) is 55.1 Å². The Kier molecular flexibility index (Phi) is 16.5. The minimum atomic E-state index is -2.14. The first-order chi connectivity index (χ1) is 12.3. The third kappa shape index (κ3) is 10.5. The van der Waals surface area contributed by atoms with E-state index in [0.29, 0.717) is 23.0 Å². The van der Waals surface area contributed by atoms with Gasteiger partial charge < -0.3 is 17.7 Å². The van der Waals surface area contributed by atoms with Crippen molar-refractivity contribution in [1.82, 2.24) is 0 Å². The minimum Gasteiger partial charge on any atom is -0.394 e. The molecule has 0 radical (unpaired) electrons. The van der Waals surface area contributed by atoms with Gasteiger partial charge in [0, 0.05) is 26.4 Å². The predicted octanol–water partition coefficient (Wildman–Crippen LogP) is 6.59. The molecule has 26 heavy (non-hydrogen) atoms. The van der Waals surface area contributed by atoms with Crippen molar-refractivity contribution in [3.63, 3.8) is 0 Å². The van der Waals surface area contributed by atoms with Gasteiger partial charge in [0.25, 0.3) is 0 Å². The van der Waals surface area contributed by atoms with E-state index in [9.17, 15) is 0 Å². The van der Waals surface area contributed by atoms with Crippen LogP contribution in [0.2, 0.25) is 13.1 Å². The molecule has 0 fully saturated rings. The molecule has 4 nitrogen and oxygen atoms in total. The lowest BCUT2D eigenvalue weighted by atomic mass is 10.5. The first-order valence-corrected chi connectivity index (χ1v) is 19.2. The Morgan fingerprint density at radius 1 is 0.654 bits per heavy atom. The summed E-state index contributed by atoms with van der Waals surface area (Å²) in [5.74, 6) is 0. The summed E-state index contributed by atoms with van der Waals surface area (Å²) in [5, 5.41) is 0. The molecule has 158 valence electrons. The Hall–Kier alpha value is 1.67. The Labute approximate surface area is 179 Å². The van der Waals surface area contributed by atoms with Gasteiger partial charge >= 0.3 is 17.1 Å². The molecule has 0 saturated heterocycles. The van der Waals surface area contributed by atoms with E-state index in [-0.39, 0.29) is 0 Å². The summed E-state index contributed by atoms with van der Waals surface area (Å²) < 4.78 is 24.3. The van der Waals surface area contributed by atoms with Crippen molar-refractivity contribution >= 4 is 58.4 Å². The zero-order valence-electron chi connectivity index (χ0n) is 17.7. The quantitative estimate of drug-likeness (QED) is 0.132. The molecule has 0 spiro atoms. The molecule has 4 unspecified atom stereocenters. The fraction of sp³-hybridized carbons (Fsp3) is 1.00. The molecule has 0 aromatic heterocycles. The van der Waals surface area contributed by atoms with Gasteiger partial charge in [-0.3, -0.25) is 0 Å². The molecule has 10 heteroatoms. The summed E-state index contributed by atoms with van der Waals surface area (Å²) in [6.45, 7) is 20.2. The lowest BCUT2D eigenvalue weighted by molar-refractivity contribution is 0.180. The topological polar surface area (TPSA) is 36.9 Å². The van der Waals surface area contributed by atoms with Crippen molar-refractivity contribution in [2.24, 2.45) is 0 Å². The third-order valence-electron chi connectivity index (χ3n) is 3.92. The van der Waals surface area contributed by atoms with Crippen molar-refractivity contribution in [2.75, 3.05) is 26.4 Å². The summed E-state index contributed by atoms with van der Waals surface area (Å²) in [6, 6.07) is 0. The Balaban J connectivity index is 4.43. The molecule has 0 N–H and O–H groups in total. The lowest BCUT2D eigenvalue weighted by Crippen LogP contribution is -2.48. The highest BCUT2D eigenvalue weighted by Crippen LogP contribution is 2.49. The standard InChI is InChI=1S/C16H38O4S4Si2/c1-9-13-19-25(7,17-11-3)15(5)21-23-24-22-16(6)26(8,18-12-4)20-14-10-2/h15-16H,9-14H2,1-8H3. The van der Waals surface area contributed by atoms with Gasteiger partial charge in [0.05, 0.1) is 9.75 Å². The average molecular weight is 479 g/mol. The van der Waals surface area contributed by atoms with E-state index in [1.54, 1.807) is 0 Å². The summed E-state index contributed by atoms with van der Waals surface area (Å²) >= 11 is 0. The number of hydrogen-bond donors (Lipinski definition) is 0. The van der Waals surface area contributed by atoms with Crippen LogP contribution in [0.25, 0.3) is 0 Å². The van der Waals surface area contributed by atoms with E-state index in [4.69, 9.17) is 17.7 Å². The second-order valence-electron chi connectivity index (χ2n) is 6.21. The van der Waals surface area contributed by atoms with Gasteiger partial charge in [0.1, 0.15) is 0 Å². The fourth-order valence-electron chi connectivity index (χ4n) is 2.06. The summed E-state index contributed by atoms with van der Waals surface area (Å²) in [5.41, 5.74) is 0. The van der Waals surface area contributed by atoms with Gasteiger partial charge in [0.2, 0.25) is 0 Å². The maximum Gasteiger partial charge on any atom is 0.349 e. The molecular formula is C16H38O4S4Si2. The highest BCUT2D eigenvalue weighted by atomic mass is 33.7. The van der Waals surface area contributed by atoms with Crippen LogP contribution >= 0.6 is 41.2 Å². The molecule has 0 amide bonds. The Bertz CT molecular complexity index is 328. The summed E-state index contributed by atoms with van der Waals surface area (Å²) in [7, 11) is 3.08. The van der Waals surface area contributed by atoms with Crippen LogP contribution in [0, 0.1) is 0 Å². The molecule has 0 aliphatic heterocycles. The van der Waals surface area contributed by atoms with Crippen molar-refractivity contribution in [3.8, 4) is 0 Å². The van der Waals surface area contributed by atoms with E-state index in [1.165, 1.54) is 0 Å².